The molecule has 0 atom stereocenters. The molecule has 0 radical (unpaired) electrons. The summed E-state index contributed by atoms with van der Waals surface area (Å²) in [6, 6.07) is 0. The van der Waals surface area contributed by atoms with Gasteiger partial charge in [0, 0.05) is 7.05 Å². The van der Waals surface area contributed by atoms with Crippen LogP contribution in [-0.2, 0) is 0 Å². The van der Waals surface area contributed by atoms with E-state index in [1.54, 1.807) is 6.08 Å². The summed E-state index contributed by atoms with van der Waals surface area (Å²) in [5.74, 6) is 0. The van der Waals surface area contributed by atoms with Crippen LogP contribution in [0, 0.1) is 0 Å². The van der Waals surface area contributed by atoms with Crippen LogP contribution in [0.15, 0.2) is 24.9 Å². The summed E-state index contributed by atoms with van der Waals surface area (Å²) < 4.78 is 0. The fourth-order valence-electron chi connectivity index (χ4n) is 0.164. The fourth-order valence-corrected chi connectivity index (χ4v) is 0.164. The minimum absolute atomic E-state index is 1.72. The fraction of sp³-hybridized carbons (Fsp3) is 0.429. The highest BCUT2D eigenvalue weighted by Crippen LogP contribution is 1.61. The van der Waals surface area contributed by atoms with Crippen molar-refractivity contribution < 1.29 is 0 Å². The Morgan fingerprint density at radius 2 is 1.88 bits per heavy atom. The molecule has 8 heavy (non-hydrogen) atoms. The largest absolute Gasteiger partial charge is 0.394 e. The van der Waals surface area contributed by atoms with Crippen molar-refractivity contribution in [2.24, 2.45) is 0 Å². The molecule has 0 aliphatic rings. The van der Waals surface area contributed by atoms with Crippen LogP contribution in [0.3, 0.4) is 0 Å². The van der Waals surface area contributed by atoms with Crippen LogP contribution in [0.5, 0.6) is 0 Å². The van der Waals surface area contributed by atoms with E-state index in [2.05, 4.69) is 11.9 Å². The van der Waals surface area contributed by atoms with E-state index in [-0.39, 0.29) is 0 Å². The van der Waals surface area contributed by atoms with Gasteiger partial charge in [0.05, 0.1) is 0 Å². The smallest absolute Gasteiger partial charge is 0.00277 e. The quantitative estimate of drug-likeness (QED) is 0.539. The van der Waals surface area contributed by atoms with E-state index in [1.807, 2.05) is 33.2 Å². The van der Waals surface area contributed by atoms with Crippen molar-refractivity contribution in [2.75, 3.05) is 7.05 Å². The standard InChI is InChI=1S/C5H9N.C2H6/c1-3-4-5-6-2;1-2/h3-6H,1H2,2H3;1-2H3/b5-4-;. The summed E-state index contributed by atoms with van der Waals surface area (Å²) >= 11 is 0. The van der Waals surface area contributed by atoms with Gasteiger partial charge in [0.2, 0.25) is 0 Å². The highest BCUT2D eigenvalue weighted by Gasteiger charge is 1.50. The van der Waals surface area contributed by atoms with E-state index in [0.29, 0.717) is 0 Å². The number of hydrogen-bond donors (Lipinski definition) is 1. The first-order valence-electron chi connectivity index (χ1n) is 2.86. The van der Waals surface area contributed by atoms with E-state index < -0.39 is 0 Å². The molecular weight excluding hydrogens is 98.1 g/mol. The van der Waals surface area contributed by atoms with Crippen LogP contribution in [0.25, 0.3) is 0 Å². The van der Waals surface area contributed by atoms with Gasteiger partial charge in [0.1, 0.15) is 0 Å². The summed E-state index contributed by atoms with van der Waals surface area (Å²) in [6.45, 7) is 7.47. The lowest BCUT2D eigenvalue weighted by Gasteiger charge is -1.76. The molecule has 0 aliphatic heterocycles. The second-order valence-electron chi connectivity index (χ2n) is 0.883. The molecule has 0 rings (SSSR count). The summed E-state index contributed by atoms with van der Waals surface area (Å²) in [5, 5.41) is 2.82. The molecule has 0 fully saturated rings. The first-order valence-corrected chi connectivity index (χ1v) is 2.86. The van der Waals surface area contributed by atoms with Crippen molar-refractivity contribution in [1.82, 2.24) is 5.32 Å². The molecule has 48 valence electrons. The molecule has 0 spiro atoms. The van der Waals surface area contributed by atoms with Gasteiger partial charge in [-0.2, -0.15) is 0 Å². The van der Waals surface area contributed by atoms with E-state index >= 15 is 0 Å². The van der Waals surface area contributed by atoms with Crippen molar-refractivity contribution in [3.8, 4) is 0 Å². The third-order valence-electron chi connectivity index (χ3n) is 0.399. The Bertz CT molecular complexity index is 55.4. The predicted molar refractivity (Wildman–Crippen MR) is 39.7 cm³/mol. The molecule has 1 nitrogen and oxygen atoms in total. The predicted octanol–water partition coefficient (Wildman–Crippen LogP) is 1.93. The first kappa shape index (κ1) is 10.3. The third kappa shape index (κ3) is 18.6. The van der Waals surface area contributed by atoms with Crippen molar-refractivity contribution >= 4 is 0 Å². The zero-order chi connectivity index (χ0) is 6.83. The van der Waals surface area contributed by atoms with Crippen molar-refractivity contribution in [2.45, 2.75) is 13.8 Å². The Hall–Kier alpha value is -0.720. The lowest BCUT2D eigenvalue weighted by atomic mass is 10.6. The molecule has 0 saturated carbocycles. The monoisotopic (exact) mass is 113 g/mol. The van der Waals surface area contributed by atoms with E-state index in [0.717, 1.165) is 0 Å². The second kappa shape index (κ2) is 16.3. The normalized spacial score (nSPS) is 7.38. The zero-order valence-corrected chi connectivity index (χ0v) is 5.94. The molecule has 1 heteroatoms. The highest BCUT2D eigenvalue weighted by molar-refractivity contribution is 4.94. The Morgan fingerprint density at radius 1 is 1.38 bits per heavy atom. The van der Waals surface area contributed by atoms with Crippen LogP contribution in [0.2, 0.25) is 0 Å². The molecule has 0 aromatic carbocycles. The van der Waals surface area contributed by atoms with Gasteiger partial charge in [-0.1, -0.05) is 26.5 Å². The summed E-state index contributed by atoms with van der Waals surface area (Å²) in [4.78, 5) is 0. The number of hydrogen-bond acceptors (Lipinski definition) is 1. The van der Waals surface area contributed by atoms with Crippen molar-refractivity contribution in [3.05, 3.63) is 24.9 Å². The minimum atomic E-state index is 1.72. The topological polar surface area (TPSA) is 12.0 Å². The molecule has 0 bridgehead atoms. The van der Waals surface area contributed by atoms with Gasteiger partial charge in [-0.15, -0.1) is 0 Å². The zero-order valence-electron chi connectivity index (χ0n) is 5.94. The van der Waals surface area contributed by atoms with E-state index in [1.165, 1.54) is 0 Å². The molecular formula is C7H15N. The van der Waals surface area contributed by atoms with Gasteiger partial charge < -0.3 is 5.32 Å². The van der Waals surface area contributed by atoms with Gasteiger partial charge in [-0.25, -0.2) is 0 Å². The maximum absolute atomic E-state index is 3.47. The van der Waals surface area contributed by atoms with Crippen LogP contribution in [0.1, 0.15) is 13.8 Å². The number of rotatable bonds is 2. The van der Waals surface area contributed by atoms with Crippen LogP contribution in [0.4, 0.5) is 0 Å². The minimum Gasteiger partial charge on any atom is -0.394 e. The molecule has 0 unspecified atom stereocenters. The third-order valence-corrected chi connectivity index (χ3v) is 0.399. The number of allylic oxidation sites excluding steroid dienone is 2. The van der Waals surface area contributed by atoms with E-state index in [4.69, 9.17) is 0 Å². The van der Waals surface area contributed by atoms with Crippen molar-refractivity contribution in [1.29, 1.82) is 0 Å². The summed E-state index contributed by atoms with van der Waals surface area (Å²) in [6.07, 6.45) is 5.36. The lowest BCUT2D eigenvalue weighted by Crippen LogP contribution is -1.89. The molecule has 0 aromatic heterocycles. The molecule has 0 saturated heterocycles. The van der Waals surface area contributed by atoms with Crippen LogP contribution >= 0.6 is 0 Å². The first-order chi connectivity index (χ1) is 3.91. The van der Waals surface area contributed by atoms with Gasteiger partial charge in [0.25, 0.3) is 0 Å². The lowest BCUT2D eigenvalue weighted by molar-refractivity contribution is 1.10. The maximum Gasteiger partial charge on any atom is 0.00277 e. The Kier molecular flexibility index (Phi) is 20.9. The average Bonchev–Trinajstić information content (AvgIpc) is 1.88. The van der Waals surface area contributed by atoms with Gasteiger partial charge in [-0.3, -0.25) is 0 Å². The highest BCUT2D eigenvalue weighted by atomic mass is 14.8. The number of nitrogens with one attached hydrogen (secondary N) is 1. The maximum atomic E-state index is 3.47. The van der Waals surface area contributed by atoms with Gasteiger partial charge >= 0.3 is 0 Å². The van der Waals surface area contributed by atoms with Crippen LogP contribution < -0.4 is 5.32 Å². The Labute approximate surface area is 52.1 Å². The van der Waals surface area contributed by atoms with Gasteiger partial charge in [0.15, 0.2) is 0 Å². The SMILES string of the molecule is C=C/C=C\NC.CC. The van der Waals surface area contributed by atoms with Crippen LogP contribution in [-0.4, -0.2) is 7.05 Å². The Balaban J connectivity index is 0. The molecule has 0 aromatic rings. The summed E-state index contributed by atoms with van der Waals surface area (Å²) in [7, 11) is 1.85. The molecule has 0 aliphatic carbocycles. The molecule has 1 N–H and O–H groups in total. The molecule has 0 heterocycles. The van der Waals surface area contributed by atoms with Gasteiger partial charge in [-0.05, 0) is 12.3 Å². The second-order valence-corrected chi connectivity index (χ2v) is 0.883. The Morgan fingerprint density at radius 3 is 2.00 bits per heavy atom. The van der Waals surface area contributed by atoms with E-state index in [9.17, 15) is 0 Å². The molecule has 0 amide bonds. The summed E-state index contributed by atoms with van der Waals surface area (Å²) in [5.41, 5.74) is 0. The van der Waals surface area contributed by atoms with Crippen molar-refractivity contribution in [3.63, 3.8) is 0 Å². The average molecular weight is 113 g/mol.